The zero-order valence-corrected chi connectivity index (χ0v) is 19.3. The van der Waals surface area contributed by atoms with Crippen LogP contribution < -0.4 is 0 Å². The predicted molar refractivity (Wildman–Crippen MR) is 124 cm³/mol. The number of benzene rings is 1. The number of carbonyl (C=O) groups excluding carboxylic acids is 2. The monoisotopic (exact) mass is 431 g/mol. The number of amides is 2. The van der Waals surface area contributed by atoms with Gasteiger partial charge >= 0.3 is 0 Å². The highest BCUT2D eigenvalue weighted by Crippen LogP contribution is 2.55. The van der Waals surface area contributed by atoms with Gasteiger partial charge < -0.3 is 9.80 Å². The van der Waals surface area contributed by atoms with Gasteiger partial charge in [0.15, 0.2) is 0 Å². The molecule has 1 aliphatic carbocycles. The number of nitrogens with zero attached hydrogens (tertiary/aromatic N) is 3. The molecule has 3 heterocycles. The van der Waals surface area contributed by atoms with Crippen molar-refractivity contribution in [3.63, 3.8) is 0 Å². The summed E-state index contributed by atoms with van der Waals surface area (Å²) >= 11 is 0. The smallest absolute Gasteiger partial charge is 0.273 e. The van der Waals surface area contributed by atoms with Crippen LogP contribution >= 0.6 is 0 Å². The summed E-state index contributed by atoms with van der Waals surface area (Å²) in [7, 11) is 0. The maximum atomic E-state index is 13.9. The molecule has 0 N–H and O–H groups in total. The second-order valence-electron chi connectivity index (χ2n) is 10.2. The molecule has 1 aromatic heterocycles. The molecule has 0 spiro atoms. The predicted octanol–water partition coefficient (Wildman–Crippen LogP) is 4.40. The number of aromatic nitrogens is 1. The number of pyridine rings is 1. The van der Waals surface area contributed by atoms with E-state index in [2.05, 4.69) is 46.0 Å². The number of carbonyl (C=O) groups is 2. The quantitative estimate of drug-likeness (QED) is 0.724. The van der Waals surface area contributed by atoms with Crippen LogP contribution in [-0.2, 0) is 11.2 Å². The van der Waals surface area contributed by atoms with E-state index < -0.39 is 0 Å². The van der Waals surface area contributed by atoms with Crippen molar-refractivity contribution in [2.75, 3.05) is 0 Å². The van der Waals surface area contributed by atoms with Gasteiger partial charge in [-0.1, -0.05) is 56.2 Å². The van der Waals surface area contributed by atoms with Gasteiger partial charge in [0.1, 0.15) is 5.69 Å². The van der Waals surface area contributed by atoms with Crippen molar-refractivity contribution in [2.45, 2.75) is 83.5 Å². The first-order valence-electron chi connectivity index (χ1n) is 12.0. The summed E-state index contributed by atoms with van der Waals surface area (Å²) in [6.07, 6.45) is 5.97. The molecule has 2 saturated heterocycles. The minimum Gasteiger partial charge on any atom is -0.334 e. The summed E-state index contributed by atoms with van der Waals surface area (Å²) in [6, 6.07) is 16.4. The normalized spacial score (nSPS) is 31.3. The van der Waals surface area contributed by atoms with Crippen LogP contribution in [0.3, 0.4) is 0 Å². The average molecular weight is 432 g/mol. The van der Waals surface area contributed by atoms with Gasteiger partial charge in [-0.3, -0.25) is 9.59 Å². The lowest BCUT2D eigenvalue weighted by Crippen LogP contribution is -2.61. The van der Waals surface area contributed by atoms with Crippen LogP contribution in [0.4, 0.5) is 0 Å². The molecule has 2 bridgehead atoms. The highest BCUT2D eigenvalue weighted by atomic mass is 16.2. The first-order valence-corrected chi connectivity index (χ1v) is 12.0. The molecule has 5 atom stereocenters. The van der Waals surface area contributed by atoms with Crippen molar-refractivity contribution >= 4 is 11.8 Å². The Labute approximate surface area is 190 Å². The summed E-state index contributed by atoms with van der Waals surface area (Å²) < 4.78 is 0. The van der Waals surface area contributed by atoms with E-state index >= 15 is 0 Å². The molecule has 0 unspecified atom stereocenters. The lowest BCUT2D eigenvalue weighted by molar-refractivity contribution is -0.141. The van der Waals surface area contributed by atoms with Crippen LogP contribution in [0.15, 0.2) is 48.5 Å². The minimum atomic E-state index is -0.0699. The van der Waals surface area contributed by atoms with Crippen molar-refractivity contribution in [3.8, 4) is 0 Å². The van der Waals surface area contributed by atoms with Crippen LogP contribution in [0.5, 0.6) is 0 Å². The highest BCUT2D eigenvalue weighted by Gasteiger charge is 2.63. The molecule has 2 aliphatic heterocycles. The van der Waals surface area contributed by atoms with Gasteiger partial charge in [-0.15, -0.1) is 0 Å². The molecular formula is C27H33N3O2. The van der Waals surface area contributed by atoms with Crippen molar-refractivity contribution in [2.24, 2.45) is 5.41 Å². The molecule has 32 heavy (non-hydrogen) atoms. The molecule has 2 aromatic rings. The van der Waals surface area contributed by atoms with E-state index in [1.165, 1.54) is 5.56 Å². The van der Waals surface area contributed by atoms with Crippen molar-refractivity contribution in [3.05, 3.63) is 65.5 Å². The van der Waals surface area contributed by atoms with E-state index in [1.807, 2.05) is 31.2 Å². The van der Waals surface area contributed by atoms with Crippen LogP contribution in [-0.4, -0.2) is 50.8 Å². The minimum absolute atomic E-state index is 0.00941. The number of rotatable bonds is 3. The maximum Gasteiger partial charge on any atom is 0.273 e. The topological polar surface area (TPSA) is 53.5 Å². The average Bonchev–Trinajstić information content (AvgIpc) is 2.92. The lowest BCUT2D eigenvalue weighted by Gasteiger charge is -2.50. The van der Waals surface area contributed by atoms with E-state index in [1.54, 1.807) is 6.92 Å². The molecule has 3 aliphatic rings. The summed E-state index contributed by atoms with van der Waals surface area (Å²) in [5.41, 5.74) is 2.52. The van der Waals surface area contributed by atoms with Gasteiger partial charge in [0, 0.05) is 30.1 Å². The Morgan fingerprint density at radius 2 is 1.69 bits per heavy atom. The van der Waals surface area contributed by atoms with Crippen molar-refractivity contribution < 1.29 is 9.59 Å². The lowest BCUT2D eigenvalue weighted by atomic mass is 9.69. The third kappa shape index (κ3) is 3.33. The largest absolute Gasteiger partial charge is 0.334 e. The Kier molecular flexibility index (Phi) is 5.31. The fraction of sp³-hybridized carbons (Fsp3) is 0.519. The van der Waals surface area contributed by atoms with E-state index in [0.29, 0.717) is 5.69 Å². The van der Waals surface area contributed by atoms with Gasteiger partial charge in [0.05, 0.1) is 12.1 Å². The van der Waals surface area contributed by atoms with E-state index in [0.717, 1.165) is 44.2 Å². The number of piperidine rings is 1. The van der Waals surface area contributed by atoms with E-state index in [9.17, 15) is 9.59 Å². The van der Waals surface area contributed by atoms with Crippen molar-refractivity contribution in [1.29, 1.82) is 0 Å². The van der Waals surface area contributed by atoms with Crippen LogP contribution in [0, 0.1) is 12.3 Å². The SMILES string of the molecule is CC(=O)N1[C@@H](Cc2ccccc2)[C@@H]2C[C@@]3(C)[C@H](CCCC[C@@H]13)N2C(=O)c1cccc(C)n1. The second-order valence-corrected chi connectivity index (χ2v) is 10.2. The van der Waals surface area contributed by atoms with E-state index in [4.69, 9.17) is 0 Å². The second kappa shape index (κ2) is 8.02. The third-order valence-corrected chi connectivity index (χ3v) is 8.20. The fourth-order valence-corrected chi connectivity index (χ4v) is 6.89. The zero-order valence-electron chi connectivity index (χ0n) is 19.3. The summed E-state index contributed by atoms with van der Waals surface area (Å²) in [4.78, 5) is 35.9. The first-order chi connectivity index (χ1) is 15.4. The summed E-state index contributed by atoms with van der Waals surface area (Å²) in [5, 5.41) is 0. The summed E-state index contributed by atoms with van der Waals surface area (Å²) in [5.74, 6) is 0.159. The maximum absolute atomic E-state index is 13.9. The Bertz CT molecular complexity index is 1020. The van der Waals surface area contributed by atoms with Gasteiger partial charge in [-0.2, -0.15) is 0 Å². The molecule has 1 saturated carbocycles. The van der Waals surface area contributed by atoms with Gasteiger partial charge in [0.25, 0.3) is 5.91 Å². The Hall–Kier alpha value is -2.69. The summed E-state index contributed by atoms with van der Waals surface area (Å²) in [6.45, 7) is 5.96. The molecule has 5 rings (SSSR count). The number of fused-ring (bicyclic) bond motifs is 1. The standard InChI is InChI=1S/C27H33N3O2/c1-18-10-9-13-21(28-18)26(32)30-23-17-27(3)24(14-7-8-15-25(27)30)29(19(2)31)22(23)16-20-11-5-4-6-12-20/h4-6,9-13,22-25H,7-8,14-17H2,1-3H3/t22-,23-,24+,25-,27+/m0/s1. The number of hydrogen-bond donors (Lipinski definition) is 0. The molecule has 0 radical (unpaired) electrons. The molecule has 5 nitrogen and oxygen atoms in total. The number of hydrogen-bond acceptors (Lipinski definition) is 3. The highest BCUT2D eigenvalue weighted by molar-refractivity contribution is 5.93. The molecule has 168 valence electrons. The molecule has 5 heteroatoms. The first kappa shape index (κ1) is 21.2. The Morgan fingerprint density at radius 3 is 2.34 bits per heavy atom. The Balaban J connectivity index is 1.61. The molecule has 3 fully saturated rings. The molecular weight excluding hydrogens is 398 g/mol. The molecule has 2 amide bonds. The van der Waals surface area contributed by atoms with Crippen LogP contribution in [0.2, 0.25) is 0 Å². The number of aryl methyl sites for hydroxylation is 1. The van der Waals surface area contributed by atoms with E-state index in [-0.39, 0.29) is 41.4 Å². The zero-order chi connectivity index (χ0) is 22.5. The van der Waals surface area contributed by atoms with Crippen LogP contribution in [0.1, 0.15) is 67.7 Å². The van der Waals surface area contributed by atoms with Gasteiger partial charge in [-0.05, 0) is 50.3 Å². The fourth-order valence-electron chi connectivity index (χ4n) is 6.89. The van der Waals surface area contributed by atoms with Gasteiger partial charge in [-0.25, -0.2) is 4.98 Å². The number of likely N-dealkylation sites (tertiary alicyclic amines) is 2. The molecule has 1 aromatic carbocycles. The van der Waals surface area contributed by atoms with Crippen molar-refractivity contribution in [1.82, 2.24) is 14.8 Å². The Morgan fingerprint density at radius 1 is 1.00 bits per heavy atom. The van der Waals surface area contributed by atoms with Crippen LogP contribution in [0.25, 0.3) is 0 Å². The van der Waals surface area contributed by atoms with Gasteiger partial charge in [0.2, 0.25) is 5.91 Å². The third-order valence-electron chi connectivity index (χ3n) is 8.20.